The maximum Gasteiger partial charge on any atom is 0.251 e. The summed E-state index contributed by atoms with van der Waals surface area (Å²) in [7, 11) is 3.43. The lowest BCUT2D eigenvalue weighted by atomic mass is 10.2. The van der Waals surface area contributed by atoms with E-state index < -0.39 is 0 Å². The molecule has 0 atom stereocenters. The Bertz CT molecular complexity index is 1060. The van der Waals surface area contributed by atoms with Crippen LogP contribution in [0.25, 0.3) is 11.0 Å². The number of para-hydroxylation sites is 2. The van der Waals surface area contributed by atoms with E-state index in [9.17, 15) is 9.59 Å². The maximum atomic E-state index is 12.8. The quantitative estimate of drug-likeness (QED) is 0.466. The Balaban J connectivity index is 1.63. The van der Waals surface area contributed by atoms with Gasteiger partial charge in [0.05, 0.1) is 18.1 Å². The Morgan fingerprint density at radius 3 is 2.72 bits per heavy atom. The van der Waals surface area contributed by atoms with Crippen LogP contribution in [0, 0.1) is 0 Å². The van der Waals surface area contributed by atoms with Crippen molar-refractivity contribution in [2.45, 2.75) is 39.2 Å². The van der Waals surface area contributed by atoms with E-state index >= 15 is 0 Å². The van der Waals surface area contributed by atoms with E-state index in [4.69, 9.17) is 9.72 Å². The van der Waals surface area contributed by atoms with Crippen molar-refractivity contribution in [1.82, 2.24) is 19.8 Å². The summed E-state index contributed by atoms with van der Waals surface area (Å²) in [5.74, 6) is 1.46. The van der Waals surface area contributed by atoms with Crippen LogP contribution in [0.5, 0.6) is 5.75 Å². The molecule has 0 spiro atoms. The van der Waals surface area contributed by atoms with Crippen LogP contribution in [0.1, 0.15) is 42.4 Å². The van der Waals surface area contributed by atoms with E-state index in [0.717, 1.165) is 42.7 Å². The Kier molecular flexibility index (Phi) is 8.25. The minimum absolute atomic E-state index is 0.0779. The number of carbonyl (C=O) groups is 2. The Labute approximate surface area is 189 Å². The van der Waals surface area contributed by atoms with Crippen molar-refractivity contribution in [2.24, 2.45) is 0 Å². The van der Waals surface area contributed by atoms with Gasteiger partial charge in [0, 0.05) is 32.1 Å². The van der Waals surface area contributed by atoms with Gasteiger partial charge >= 0.3 is 0 Å². The van der Waals surface area contributed by atoms with Crippen molar-refractivity contribution in [3.05, 3.63) is 59.9 Å². The number of nitrogens with one attached hydrogen (secondary N) is 1. The van der Waals surface area contributed by atoms with Gasteiger partial charge in [-0.3, -0.25) is 9.59 Å². The van der Waals surface area contributed by atoms with Crippen LogP contribution in [0.3, 0.4) is 0 Å². The third kappa shape index (κ3) is 5.87. The molecule has 3 aromatic rings. The van der Waals surface area contributed by atoms with Gasteiger partial charge in [0.15, 0.2) is 0 Å². The number of unbranched alkanes of at least 4 members (excludes halogenated alkanes) is 1. The van der Waals surface area contributed by atoms with Gasteiger partial charge in [0.1, 0.15) is 18.1 Å². The summed E-state index contributed by atoms with van der Waals surface area (Å²) in [4.78, 5) is 31.7. The molecule has 0 saturated carbocycles. The first-order valence-electron chi connectivity index (χ1n) is 11.1. The van der Waals surface area contributed by atoms with E-state index in [1.807, 2.05) is 41.9 Å². The molecule has 170 valence electrons. The van der Waals surface area contributed by atoms with Gasteiger partial charge in [-0.15, -0.1) is 0 Å². The molecule has 0 radical (unpaired) electrons. The SMILES string of the molecule is CCCCN(C)C(=O)Cn1c(CCCNC(=O)c2cccc(OC)c2)nc2ccccc21. The number of benzene rings is 2. The third-order valence-electron chi connectivity index (χ3n) is 5.49. The highest BCUT2D eigenvalue weighted by atomic mass is 16.5. The van der Waals surface area contributed by atoms with Gasteiger partial charge in [0.25, 0.3) is 5.91 Å². The molecule has 1 aromatic heterocycles. The monoisotopic (exact) mass is 436 g/mol. The molecule has 0 fully saturated rings. The molecule has 0 aliphatic carbocycles. The smallest absolute Gasteiger partial charge is 0.251 e. The molecule has 0 unspecified atom stereocenters. The minimum atomic E-state index is -0.134. The van der Waals surface area contributed by atoms with E-state index in [-0.39, 0.29) is 18.4 Å². The predicted molar refractivity (Wildman–Crippen MR) is 126 cm³/mol. The Morgan fingerprint density at radius 1 is 1.12 bits per heavy atom. The van der Waals surface area contributed by atoms with Crippen molar-refractivity contribution in [3.63, 3.8) is 0 Å². The first kappa shape index (κ1) is 23.3. The summed E-state index contributed by atoms with van der Waals surface area (Å²) in [5.41, 5.74) is 2.41. The zero-order valence-electron chi connectivity index (χ0n) is 19.1. The molecule has 3 rings (SSSR count). The fourth-order valence-corrected chi connectivity index (χ4v) is 3.58. The van der Waals surface area contributed by atoms with E-state index in [1.165, 1.54) is 0 Å². The highest BCUT2D eigenvalue weighted by Gasteiger charge is 2.16. The van der Waals surface area contributed by atoms with E-state index in [1.54, 1.807) is 30.2 Å². The third-order valence-corrected chi connectivity index (χ3v) is 5.49. The number of methoxy groups -OCH3 is 1. The largest absolute Gasteiger partial charge is 0.497 e. The molecule has 0 aliphatic rings. The topological polar surface area (TPSA) is 76.5 Å². The lowest BCUT2D eigenvalue weighted by Gasteiger charge is -2.18. The molecule has 32 heavy (non-hydrogen) atoms. The summed E-state index contributed by atoms with van der Waals surface area (Å²) in [6.45, 7) is 3.66. The van der Waals surface area contributed by atoms with Gasteiger partial charge in [-0.2, -0.15) is 0 Å². The Hall–Kier alpha value is -3.35. The number of ether oxygens (including phenoxy) is 1. The van der Waals surface area contributed by atoms with E-state index in [2.05, 4.69) is 12.2 Å². The summed E-state index contributed by atoms with van der Waals surface area (Å²) < 4.78 is 7.18. The molecule has 2 amide bonds. The van der Waals surface area contributed by atoms with Crippen LogP contribution in [-0.2, 0) is 17.8 Å². The van der Waals surface area contributed by atoms with Crippen LogP contribution < -0.4 is 10.1 Å². The normalized spacial score (nSPS) is 10.8. The number of hydrogen-bond donors (Lipinski definition) is 1. The van der Waals surface area contributed by atoms with Gasteiger partial charge in [-0.1, -0.05) is 31.5 Å². The number of nitrogens with zero attached hydrogens (tertiary/aromatic N) is 3. The molecule has 2 aromatic carbocycles. The maximum absolute atomic E-state index is 12.8. The number of fused-ring (bicyclic) bond motifs is 1. The predicted octanol–water partition coefficient (Wildman–Crippen LogP) is 3.67. The lowest BCUT2D eigenvalue weighted by Crippen LogP contribution is -2.31. The zero-order valence-corrected chi connectivity index (χ0v) is 19.1. The number of carbonyl (C=O) groups excluding carboxylic acids is 2. The Morgan fingerprint density at radius 2 is 1.94 bits per heavy atom. The fourth-order valence-electron chi connectivity index (χ4n) is 3.58. The number of rotatable bonds is 11. The van der Waals surface area contributed by atoms with Crippen molar-refractivity contribution in [2.75, 3.05) is 27.2 Å². The summed E-state index contributed by atoms with van der Waals surface area (Å²) in [6, 6.07) is 15.0. The highest BCUT2D eigenvalue weighted by molar-refractivity contribution is 5.94. The summed E-state index contributed by atoms with van der Waals surface area (Å²) >= 11 is 0. The molecule has 7 nitrogen and oxygen atoms in total. The molecule has 0 bridgehead atoms. The number of aromatic nitrogens is 2. The van der Waals surface area contributed by atoms with Crippen molar-refractivity contribution >= 4 is 22.8 Å². The molecular formula is C25H32N4O3. The minimum Gasteiger partial charge on any atom is -0.497 e. The molecule has 7 heteroatoms. The second-order valence-electron chi connectivity index (χ2n) is 7.86. The number of imidazole rings is 1. The van der Waals surface area contributed by atoms with Gasteiger partial charge in [0.2, 0.25) is 5.91 Å². The number of hydrogen-bond acceptors (Lipinski definition) is 4. The average Bonchev–Trinajstić information content (AvgIpc) is 3.17. The summed E-state index contributed by atoms with van der Waals surface area (Å²) in [5, 5.41) is 2.95. The number of likely N-dealkylation sites (N-methyl/N-ethyl adjacent to an activating group) is 1. The second kappa shape index (κ2) is 11.3. The second-order valence-corrected chi connectivity index (χ2v) is 7.86. The lowest BCUT2D eigenvalue weighted by molar-refractivity contribution is -0.130. The van der Waals surface area contributed by atoms with Crippen LogP contribution in [0.2, 0.25) is 0 Å². The molecule has 1 heterocycles. The van der Waals surface area contributed by atoms with E-state index in [0.29, 0.717) is 24.3 Å². The van der Waals surface area contributed by atoms with Gasteiger partial charge in [-0.25, -0.2) is 4.98 Å². The summed E-state index contributed by atoms with van der Waals surface area (Å²) in [6.07, 6.45) is 3.43. The fraction of sp³-hybridized carbons (Fsp3) is 0.400. The first-order valence-corrected chi connectivity index (χ1v) is 11.1. The first-order chi connectivity index (χ1) is 15.5. The molecule has 0 saturated heterocycles. The van der Waals surface area contributed by atoms with Crippen LogP contribution in [0.4, 0.5) is 0 Å². The number of aryl methyl sites for hydroxylation is 1. The van der Waals surface area contributed by atoms with Crippen molar-refractivity contribution < 1.29 is 14.3 Å². The molecule has 0 aliphatic heterocycles. The highest BCUT2D eigenvalue weighted by Crippen LogP contribution is 2.18. The molecular weight excluding hydrogens is 404 g/mol. The van der Waals surface area contributed by atoms with Gasteiger partial charge in [-0.05, 0) is 43.2 Å². The average molecular weight is 437 g/mol. The van der Waals surface area contributed by atoms with Crippen molar-refractivity contribution in [3.8, 4) is 5.75 Å². The van der Waals surface area contributed by atoms with Crippen LogP contribution in [0.15, 0.2) is 48.5 Å². The van der Waals surface area contributed by atoms with Crippen LogP contribution in [-0.4, -0.2) is 53.5 Å². The van der Waals surface area contributed by atoms with Crippen LogP contribution >= 0.6 is 0 Å². The zero-order chi connectivity index (χ0) is 22.9. The van der Waals surface area contributed by atoms with Crippen molar-refractivity contribution in [1.29, 1.82) is 0 Å². The number of amides is 2. The molecule has 1 N–H and O–H groups in total. The van der Waals surface area contributed by atoms with Gasteiger partial charge < -0.3 is 19.5 Å². The standard InChI is InChI=1S/C25H32N4O3/c1-4-5-16-28(2)24(30)18-29-22-13-7-6-12-21(22)27-23(29)14-9-15-26-25(31)19-10-8-11-20(17-19)32-3/h6-8,10-13,17H,4-5,9,14-16,18H2,1-3H3,(H,26,31).